The van der Waals surface area contributed by atoms with Crippen molar-refractivity contribution >= 4 is 40.4 Å². The van der Waals surface area contributed by atoms with E-state index in [2.05, 4.69) is 16.8 Å². The van der Waals surface area contributed by atoms with Crippen LogP contribution in [-0.2, 0) is 11.2 Å². The van der Waals surface area contributed by atoms with E-state index in [0.29, 0.717) is 16.6 Å². The number of benzene rings is 1. The van der Waals surface area contributed by atoms with Crippen LogP contribution < -0.4 is 5.32 Å². The number of carbonyl (C=O) groups excluding carboxylic acids is 1. The lowest BCUT2D eigenvalue weighted by atomic mass is 9.93. The molecule has 1 saturated carbocycles. The summed E-state index contributed by atoms with van der Waals surface area (Å²) in [6.45, 7) is 2.05. The largest absolute Gasteiger partial charge is 0.330 e. The normalized spacial score (nSPS) is 19.8. The van der Waals surface area contributed by atoms with Crippen LogP contribution in [0, 0.1) is 5.92 Å². The Kier molecular flexibility index (Phi) is 5.05. The van der Waals surface area contributed by atoms with Gasteiger partial charge in [0.1, 0.15) is 0 Å². The predicted octanol–water partition coefficient (Wildman–Crippen LogP) is 4.53. The van der Waals surface area contributed by atoms with Crippen molar-refractivity contribution in [1.29, 1.82) is 0 Å². The minimum absolute atomic E-state index is 0.130. The molecular weight excluding hydrogens is 375 g/mol. The highest BCUT2D eigenvalue weighted by molar-refractivity contribution is 7.10. The second-order valence-corrected chi connectivity index (χ2v) is 8.62. The van der Waals surface area contributed by atoms with Gasteiger partial charge in [0, 0.05) is 21.5 Å². The van der Waals surface area contributed by atoms with Gasteiger partial charge in [0.2, 0.25) is 5.91 Å². The smallest absolute Gasteiger partial charge is 0.237 e. The van der Waals surface area contributed by atoms with Crippen molar-refractivity contribution < 1.29 is 4.79 Å². The minimum Gasteiger partial charge on any atom is -0.330 e. The van der Waals surface area contributed by atoms with Crippen molar-refractivity contribution in [2.24, 2.45) is 5.92 Å². The Morgan fingerprint density at radius 1 is 1.24 bits per heavy atom. The van der Waals surface area contributed by atoms with Crippen molar-refractivity contribution in [2.75, 3.05) is 19.6 Å². The molecule has 1 N–H and O–H groups in total. The molecule has 1 aromatic heterocycles. The third-order valence-electron chi connectivity index (χ3n) is 4.95. The van der Waals surface area contributed by atoms with E-state index >= 15 is 0 Å². The first-order valence-electron chi connectivity index (χ1n) is 8.65. The molecule has 2 aromatic rings. The summed E-state index contributed by atoms with van der Waals surface area (Å²) in [6.07, 6.45) is 3.47. The molecule has 0 saturated heterocycles. The molecule has 4 rings (SSSR count). The first-order valence-corrected chi connectivity index (χ1v) is 10.3. The highest BCUT2D eigenvalue weighted by Gasteiger charge is 2.34. The second-order valence-electron chi connectivity index (χ2n) is 6.78. The summed E-state index contributed by atoms with van der Waals surface area (Å²) in [7, 11) is 0. The molecule has 132 valence electrons. The second kappa shape index (κ2) is 7.28. The summed E-state index contributed by atoms with van der Waals surface area (Å²) < 4.78 is 0. The molecule has 3 nitrogen and oxygen atoms in total. The summed E-state index contributed by atoms with van der Waals surface area (Å²) in [6, 6.07) is 7.53. The first-order chi connectivity index (χ1) is 12.1. The molecular formula is C19H20Cl2N2OS. The van der Waals surface area contributed by atoms with Gasteiger partial charge in [-0.3, -0.25) is 4.79 Å². The molecule has 1 aromatic carbocycles. The highest BCUT2D eigenvalue weighted by Crippen LogP contribution is 2.40. The van der Waals surface area contributed by atoms with E-state index in [0.717, 1.165) is 31.0 Å². The molecule has 1 atom stereocenters. The van der Waals surface area contributed by atoms with Gasteiger partial charge in [0.15, 0.2) is 0 Å². The van der Waals surface area contributed by atoms with E-state index in [1.54, 1.807) is 17.4 Å². The van der Waals surface area contributed by atoms with Gasteiger partial charge in [0.05, 0.1) is 12.6 Å². The molecule has 0 bridgehead atoms. The molecule has 0 unspecified atom stereocenters. The van der Waals surface area contributed by atoms with Crippen molar-refractivity contribution in [1.82, 2.24) is 10.2 Å². The number of hydrogen-bond donors (Lipinski definition) is 1. The van der Waals surface area contributed by atoms with E-state index in [1.807, 2.05) is 17.0 Å². The summed E-state index contributed by atoms with van der Waals surface area (Å²) in [5.74, 6) is 0.896. The van der Waals surface area contributed by atoms with Crippen molar-refractivity contribution in [3.63, 3.8) is 0 Å². The van der Waals surface area contributed by atoms with Gasteiger partial charge in [-0.15, -0.1) is 11.3 Å². The predicted molar refractivity (Wildman–Crippen MR) is 104 cm³/mol. The van der Waals surface area contributed by atoms with Crippen LogP contribution in [0.3, 0.4) is 0 Å². The van der Waals surface area contributed by atoms with Gasteiger partial charge in [0.25, 0.3) is 0 Å². The van der Waals surface area contributed by atoms with Gasteiger partial charge in [-0.05, 0) is 66.4 Å². The maximum atomic E-state index is 12.9. The Balaban J connectivity index is 1.61. The summed E-state index contributed by atoms with van der Waals surface area (Å²) in [5, 5.41) is 6.63. The maximum Gasteiger partial charge on any atom is 0.237 e. The molecule has 1 amide bonds. The van der Waals surface area contributed by atoms with Gasteiger partial charge in [-0.2, -0.15) is 0 Å². The van der Waals surface area contributed by atoms with E-state index in [1.165, 1.54) is 23.3 Å². The van der Waals surface area contributed by atoms with Crippen LogP contribution >= 0.6 is 34.5 Å². The minimum atomic E-state index is -0.130. The van der Waals surface area contributed by atoms with Crippen LogP contribution in [0.5, 0.6) is 0 Å². The third kappa shape index (κ3) is 3.72. The Hall–Kier alpha value is -1.07. The average Bonchev–Trinajstić information content (AvgIpc) is 3.28. The lowest BCUT2D eigenvalue weighted by molar-refractivity contribution is -0.132. The molecule has 2 heterocycles. The molecule has 0 spiro atoms. The average molecular weight is 395 g/mol. The number of nitrogens with one attached hydrogen (secondary N) is 1. The molecule has 1 aliphatic carbocycles. The highest BCUT2D eigenvalue weighted by atomic mass is 35.5. The van der Waals surface area contributed by atoms with Gasteiger partial charge >= 0.3 is 0 Å². The fourth-order valence-electron chi connectivity index (χ4n) is 3.45. The van der Waals surface area contributed by atoms with Crippen LogP contribution in [-0.4, -0.2) is 30.4 Å². The lowest BCUT2D eigenvalue weighted by Gasteiger charge is -2.37. The topological polar surface area (TPSA) is 32.3 Å². The van der Waals surface area contributed by atoms with E-state index in [-0.39, 0.29) is 11.9 Å². The van der Waals surface area contributed by atoms with E-state index < -0.39 is 0 Å². The van der Waals surface area contributed by atoms with Gasteiger partial charge in [-0.25, -0.2) is 0 Å². The Morgan fingerprint density at radius 3 is 2.84 bits per heavy atom. The molecule has 0 radical (unpaired) electrons. The summed E-state index contributed by atoms with van der Waals surface area (Å²) in [5.41, 5.74) is 2.14. The molecule has 1 aliphatic heterocycles. The van der Waals surface area contributed by atoms with E-state index in [9.17, 15) is 4.79 Å². The summed E-state index contributed by atoms with van der Waals surface area (Å²) in [4.78, 5) is 16.2. The maximum absolute atomic E-state index is 12.9. The van der Waals surface area contributed by atoms with Gasteiger partial charge in [-0.1, -0.05) is 29.3 Å². The quantitative estimate of drug-likeness (QED) is 0.807. The van der Waals surface area contributed by atoms with Crippen LogP contribution in [0.1, 0.15) is 34.9 Å². The fraction of sp³-hybridized carbons (Fsp3) is 0.421. The van der Waals surface area contributed by atoms with Crippen molar-refractivity contribution in [3.05, 3.63) is 55.7 Å². The molecule has 2 aliphatic rings. The van der Waals surface area contributed by atoms with Gasteiger partial charge < -0.3 is 10.2 Å². The Labute approximate surface area is 161 Å². The zero-order chi connectivity index (χ0) is 17.4. The van der Waals surface area contributed by atoms with Crippen LogP contribution in [0.2, 0.25) is 10.0 Å². The molecule has 1 fully saturated rings. The zero-order valence-corrected chi connectivity index (χ0v) is 16.1. The number of hydrogen-bond acceptors (Lipinski definition) is 3. The van der Waals surface area contributed by atoms with E-state index in [4.69, 9.17) is 23.2 Å². The number of thiophene rings is 1. The Bertz CT molecular complexity index is 787. The Morgan fingerprint density at radius 2 is 2.08 bits per heavy atom. The fourth-order valence-corrected chi connectivity index (χ4v) is 4.87. The first kappa shape index (κ1) is 17.3. The van der Waals surface area contributed by atoms with Crippen molar-refractivity contribution in [2.45, 2.75) is 25.3 Å². The van der Waals surface area contributed by atoms with Crippen LogP contribution in [0.15, 0.2) is 29.6 Å². The molecule has 6 heteroatoms. The van der Waals surface area contributed by atoms with Crippen LogP contribution in [0.25, 0.3) is 0 Å². The molecule has 25 heavy (non-hydrogen) atoms. The number of fused-ring (bicyclic) bond motifs is 1. The van der Waals surface area contributed by atoms with Crippen LogP contribution in [0.4, 0.5) is 0 Å². The monoisotopic (exact) mass is 394 g/mol. The standard InChI is InChI=1S/C19H20Cl2N2OS/c20-13-3-4-14(16(21)9-13)19-15-6-8-25-17(15)5-7-23(19)18(24)11-22-10-12-1-2-12/h3-4,6,8-9,12,19,22H,1-2,5,7,10-11H2/t19-/m1/s1. The number of rotatable bonds is 5. The van der Waals surface area contributed by atoms with Crippen molar-refractivity contribution in [3.8, 4) is 0 Å². The SMILES string of the molecule is O=C(CNCC1CC1)N1CCc2sccc2[C@H]1c1ccc(Cl)cc1Cl. The lowest BCUT2D eigenvalue weighted by Crippen LogP contribution is -2.44. The number of nitrogens with zero attached hydrogens (tertiary/aromatic N) is 1. The number of halogens is 2. The third-order valence-corrected chi connectivity index (χ3v) is 6.51. The zero-order valence-electron chi connectivity index (χ0n) is 13.8. The number of amides is 1. The summed E-state index contributed by atoms with van der Waals surface area (Å²) >= 11 is 14.3. The number of carbonyl (C=O) groups is 1.